The van der Waals surface area contributed by atoms with E-state index in [1.165, 1.54) is 0 Å². The van der Waals surface area contributed by atoms with Gasteiger partial charge in [0, 0.05) is 11.7 Å². The van der Waals surface area contributed by atoms with Gasteiger partial charge in [-0.1, -0.05) is 20.8 Å². The van der Waals surface area contributed by atoms with E-state index in [0.29, 0.717) is 5.69 Å². The van der Waals surface area contributed by atoms with Crippen molar-refractivity contribution < 1.29 is 0 Å². The summed E-state index contributed by atoms with van der Waals surface area (Å²) in [7, 11) is 0. The molecule has 1 rings (SSSR count). The van der Waals surface area contributed by atoms with Gasteiger partial charge in [-0.25, -0.2) is 0 Å². The smallest absolute Gasteiger partial charge is 0.0754 e. The zero-order valence-corrected chi connectivity index (χ0v) is 12.9. The molecule has 4 heteroatoms. The summed E-state index contributed by atoms with van der Waals surface area (Å²) in [6.45, 7) is 11.1. The van der Waals surface area contributed by atoms with E-state index in [0.717, 1.165) is 16.6 Å². The molecule has 0 saturated carbocycles. The fourth-order valence-electron chi connectivity index (χ4n) is 2.29. The minimum Gasteiger partial charge on any atom is -0.396 e. The van der Waals surface area contributed by atoms with Crippen LogP contribution in [0.3, 0.4) is 0 Å². The Labute approximate surface area is 112 Å². The van der Waals surface area contributed by atoms with Gasteiger partial charge in [0.1, 0.15) is 0 Å². The van der Waals surface area contributed by atoms with Gasteiger partial charge >= 0.3 is 0 Å². The highest BCUT2D eigenvalue weighted by Crippen LogP contribution is 2.34. The molecule has 0 radical (unpaired) electrons. The van der Waals surface area contributed by atoms with Gasteiger partial charge in [-0.3, -0.25) is 4.98 Å². The van der Waals surface area contributed by atoms with E-state index in [-0.39, 0.29) is 11.0 Å². The predicted octanol–water partition coefficient (Wildman–Crippen LogP) is 4.05. The summed E-state index contributed by atoms with van der Waals surface area (Å²) in [5, 5.41) is 3.50. The van der Waals surface area contributed by atoms with Crippen LogP contribution in [-0.4, -0.2) is 10.5 Å². The number of halogens is 1. The van der Waals surface area contributed by atoms with Crippen LogP contribution in [0.5, 0.6) is 0 Å². The minimum absolute atomic E-state index is 0.0176. The van der Waals surface area contributed by atoms with Crippen molar-refractivity contribution in [2.24, 2.45) is 5.41 Å². The Bertz CT molecular complexity index is 374. The summed E-state index contributed by atoms with van der Waals surface area (Å²) in [5.74, 6) is 0. The molecular formula is C13H22BrN3. The van der Waals surface area contributed by atoms with Crippen LogP contribution in [0.15, 0.2) is 16.9 Å². The molecule has 0 spiro atoms. The van der Waals surface area contributed by atoms with Gasteiger partial charge in [0.15, 0.2) is 0 Å². The summed E-state index contributed by atoms with van der Waals surface area (Å²) < 4.78 is 0.902. The molecule has 17 heavy (non-hydrogen) atoms. The number of pyridine rings is 1. The molecule has 0 saturated heterocycles. The van der Waals surface area contributed by atoms with Gasteiger partial charge in [-0.05, 0) is 41.6 Å². The summed E-state index contributed by atoms with van der Waals surface area (Å²) in [4.78, 5) is 4.04. The molecule has 0 aliphatic heterocycles. The summed E-state index contributed by atoms with van der Waals surface area (Å²) >= 11 is 3.47. The Balaban J connectivity index is 2.90. The van der Waals surface area contributed by atoms with Crippen molar-refractivity contribution in [3.63, 3.8) is 0 Å². The molecule has 0 aliphatic rings. The van der Waals surface area contributed by atoms with Crippen LogP contribution in [0.2, 0.25) is 0 Å². The molecule has 3 N–H and O–H groups in total. The number of hydrogen-bond acceptors (Lipinski definition) is 3. The van der Waals surface area contributed by atoms with Crippen molar-refractivity contribution >= 4 is 27.3 Å². The van der Waals surface area contributed by atoms with Gasteiger partial charge in [0.05, 0.1) is 22.0 Å². The van der Waals surface area contributed by atoms with E-state index < -0.39 is 0 Å². The van der Waals surface area contributed by atoms with Gasteiger partial charge in [0.2, 0.25) is 0 Å². The molecule has 0 atom stereocenters. The third kappa shape index (κ3) is 4.54. The molecule has 0 aromatic carbocycles. The summed E-state index contributed by atoms with van der Waals surface area (Å²) in [6, 6.07) is 0. The third-order valence-electron chi connectivity index (χ3n) is 2.36. The molecule has 0 bridgehead atoms. The van der Waals surface area contributed by atoms with E-state index in [9.17, 15) is 0 Å². The lowest BCUT2D eigenvalue weighted by atomic mass is 9.81. The average molecular weight is 300 g/mol. The van der Waals surface area contributed by atoms with Crippen LogP contribution >= 0.6 is 15.9 Å². The van der Waals surface area contributed by atoms with Crippen molar-refractivity contribution in [1.29, 1.82) is 0 Å². The minimum atomic E-state index is -0.0176. The second kappa shape index (κ2) is 4.84. The molecule has 0 unspecified atom stereocenters. The van der Waals surface area contributed by atoms with Crippen molar-refractivity contribution in [1.82, 2.24) is 4.98 Å². The number of rotatable bonds is 3. The van der Waals surface area contributed by atoms with E-state index in [1.807, 2.05) is 0 Å². The fourth-order valence-corrected chi connectivity index (χ4v) is 2.74. The first-order valence-corrected chi connectivity index (χ1v) is 6.57. The standard InChI is InChI=1S/C13H22BrN3/c1-12(2,3)8-13(4,5)17-11-9(14)6-16-7-10(11)15/h6-7H,8,15H2,1-5H3,(H,16,17). The lowest BCUT2D eigenvalue weighted by molar-refractivity contribution is 0.302. The number of aromatic nitrogens is 1. The van der Waals surface area contributed by atoms with E-state index in [1.54, 1.807) is 12.4 Å². The van der Waals surface area contributed by atoms with Gasteiger partial charge in [-0.2, -0.15) is 0 Å². The van der Waals surface area contributed by atoms with E-state index in [2.05, 4.69) is 60.8 Å². The molecule has 1 aromatic rings. The number of anilines is 2. The topological polar surface area (TPSA) is 50.9 Å². The van der Waals surface area contributed by atoms with Gasteiger partial charge in [-0.15, -0.1) is 0 Å². The Hall–Kier alpha value is -0.770. The van der Waals surface area contributed by atoms with E-state index in [4.69, 9.17) is 5.73 Å². The Kier molecular flexibility index (Phi) is 4.07. The first-order chi connectivity index (χ1) is 7.61. The largest absolute Gasteiger partial charge is 0.396 e. The monoisotopic (exact) mass is 299 g/mol. The van der Waals surface area contributed by atoms with E-state index >= 15 is 0 Å². The molecule has 96 valence electrons. The highest BCUT2D eigenvalue weighted by molar-refractivity contribution is 9.10. The number of nitrogens with one attached hydrogen (secondary N) is 1. The normalized spacial score (nSPS) is 12.6. The predicted molar refractivity (Wildman–Crippen MR) is 78.1 cm³/mol. The average Bonchev–Trinajstić information content (AvgIpc) is 2.07. The second-order valence-corrected chi connectivity index (χ2v) is 7.19. The molecular weight excluding hydrogens is 278 g/mol. The molecule has 3 nitrogen and oxygen atoms in total. The number of nitrogens with two attached hydrogens (primary N) is 1. The molecule has 1 aromatic heterocycles. The van der Waals surface area contributed by atoms with Crippen molar-refractivity contribution in [3.8, 4) is 0 Å². The van der Waals surface area contributed by atoms with Crippen molar-refractivity contribution in [2.45, 2.75) is 46.6 Å². The zero-order valence-electron chi connectivity index (χ0n) is 11.3. The van der Waals surface area contributed by atoms with Crippen molar-refractivity contribution in [3.05, 3.63) is 16.9 Å². The zero-order chi connectivity index (χ0) is 13.3. The molecule has 0 amide bonds. The number of hydrogen-bond donors (Lipinski definition) is 2. The van der Waals surface area contributed by atoms with Crippen LogP contribution in [-0.2, 0) is 0 Å². The maximum atomic E-state index is 5.94. The van der Waals surface area contributed by atoms with Crippen LogP contribution < -0.4 is 11.1 Å². The maximum Gasteiger partial charge on any atom is 0.0754 e. The third-order valence-corrected chi connectivity index (χ3v) is 2.97. The quantitative estimate of drug-likeness (QED) is 0.885. The summed E-state index contributed by atoms with van der Waals surface area (Å²) in [5.41, 5.74) is 7.78. The van der Waals surface area contributed by atoms with Crippen LogP contribution in [0.1, 0.15) is 41.0 Å². The highest BCUT2D eigenvalue weighted by Gasteiger charge is 2.26. The maximum absolute atomic E-state index is 5.94. The Morgan fingerprint density at radius 2 is 1.82 bits per heavy atom. The molecule has 1 heterocycles. The van der Waals surface area contributed by atoms with Gasteiger partial charge in [0.25, 0.3) is 0 Å². The lowest BCUT2D eigenvalue weighted by Gasteiger charge is -2.34. The first kappa shape index (κ1) is 14.3. The van der Waals surface area contributed by atoms with Crippen molar-refractivity contribution in [2.75, 3.05) is 11.1 Å². The Morgan fingerprint density at radius 1 is 1.24 bits per heavy atom. The number of nitrogen functional groups attached to an aromatic ring is 1. The highest BCUT2D eigenvalue weighted by atomic mass is 79.9. The summed E-state index contributed by atoms with van der Waals surface area (Å²) in [6.07, 6.45) is 4.47. The van der Waals surface area contributed by atoms with Crippen LogP contribution in [0, 0.1) is 5.41 Å². The van der Waals surface area contributed by atoms with Gasteiger partial charge < -0.3 is 11.1 Å². The van der Waals surface area contributed by atoms with Crippen LogP contribution in [0.4, 0.5) is 11.4 Å². The second-order valence-electron chi connectivity index (χ2n) is 6.33. The Morgan fingerprint density at radius 3 is 2.29 bits per heavy atom. The molecule has 0 fully saturated rings. The number of nitrogens with zero attached hydrogens (tertiary/aromatic N) is 1. The molecule has 0 aliphatic carbocycles. The first-order valence-electron chi connectivity index (χ1n) is 5.78. The lowest BCUT2D eigenvalue weighted by Crippen LogP contribution is -2.35. The fraction of sp³-hybridized carbons (Fsp3) is 0.615. The van der Waals surface area contributed by atoms with Crippen LogP contribution in [0.25, 0.3) is 0 Å². The SMILES string of the molecule is CC(C)(C)CC(C)(C)Nc1c(N)cncc1Br.